The molecule has 2 heterocycles. The third-order valence-electron chi connectivity index (χ3n) is 3.90. The van der Waals surface area contributed by atoms with E-state index in [0.29, 0.717) is 19.0 Å². The lowest BCUT2D eigenvalue weighted by Gasteiger charge is -2.19. The molecule has 6 nitrogen and oxygen atoms in total. The Morgan fingerprint density at radius 1 is 1.19 bits per heavy atom. The zero-order chi connectivity index (χ0) is 20.1. The van der Waals surface area contributed by atoms with Gasteiger partial charge in [-0.25, -0.2) is 0 Å². The van der Waals surface area contributed by atoms with Gasteiger partial charge < -0.3 is 14.8 Å². The number of carbonyl (C=O) groups excluding carboxylic acids is 2. The van der Waals surface area contributed by atoms with Crippen molar-refractivity contribution < 1.29 is 9.59 Å². The highest BCUT2D eigenvalue weighted by Crippen LogP contribution is 2.11. The summed E-state index contributed by atoms with van der Waals surface area (Å²) in [7, 11) is 1.66. The molecule has 0 fully saturated rings. The molecule has 0 saturated heterocycles. The van der Waals surface area contributed by atoms with Gasteiger partial charge in [0.1, 0.15) is 11.1 Å². The first-order valence-electron chi connectivity index (χ1n) is 9.00. The topological polar surface area (TPSA) is 71.4 Å². The lowest BCUT2D eigenvalue weighted by molar-refractivity contribution is 0.0783. The average Bonchev–Trinajstić information content (AvgIpc) is 3.07. The smallest absolute Gasteiger partial charge is 0.259 e. The minimum atomic E-state index is -0.532. The Balaban J connectivity index is 2.42. The minimum absolute atomic E-state index is 0.000802. The molecule has 0 aliphatic carbocycles. The number of thiophene rings is 1. The zero-order valence-corrected chi connectivity index (χ0v) is 17.3. The van der Waals surface area contributed by atoms with Gasteiger partial charge in [-0.2, -0.15) is 11.3 Å². The van der Waals surface area contributed by atoms with E-state index >= 15 is 0 Å². The molecule has 0 saturated carbocycles. The molecule has 146 valence electrons. The summed E-state index contributed by atoms with van der Waals surface area (Å²) < 4.78 is 1.76. The van der Waals surface area contributed by atoms with Crippen molar-refractivity contribution in [3.05, 3.63) is 56.1 Å². The Morgan fingerprint density at radius 3 is 2.41 bits per heavy atom. The number of amides is 2. The van der Waals surface area contributed by atoms with Gasteiger partial charge in [0.05, 0.1) is 0 Å². The Bertz CT molecular complexity index is 854. The predicted octanol–water partition coefficient (Wildman–Crippen LogP) is 2.98. The van der Waals surface area contributed by atoms with E-state index in [1.165, 1.54) is 11.1 Å². The van der Waals surface area contributed by atoms with Crippen molar-refractivity contribution in [3.8, 4) is 0 Å². The number of pyridine rings is 1. The van der Waals surface area contributed by atoms with E-state index < -0.39 is 11.3 Å². The van der Waals surface area contributed by atoms with Crippen LogP contribution >= 0.6 is 11.3 Å². The van der Waals surface area contributed by atoms with Crippen molar-refractivity contribution in [1.82, 2.24) is 14.8 Å². The fourth-order valence-corrected chi connectivity index (χ4v) is 3.41. The number of hydrogen-bond donors (Lipinski definition) is 1. The van der Waals surface area contributed by atoms with Crippen LogP contribution < -0.4 is 10.7 Å². The minimum Gasteiger partial charge on any atom is -0.352 e. The van der Waals surface area contributed by atoms with Gasteiger partial charge >= 0.3 is 0 Å². The highest BCUT2D eigenvalue weighted by Gasteiger charge is 2.22. The van der Waals surface area contributed by atoms with E-state index in [-0.39, 0.29) is 23.1 Å². The molecule has 2 rings (SSSR count). The molecule has 2 aromatic heterocycles. The van der Waals surface area contributed by atoms with Crippen LogP contribution in [0.2, 0.25) is 0 Å². The first-order valence-corrected chi connectivity index (χ1v) is 9.94. The summed E-state index contributed by atoms with van der Waals surface area (Å²) in [5, 5.41) is 6.65. The number of hydrogen-bond acceptors (Lipinski definition) is 4. The van der Waals surface area contributed by atoms with Crippen molar-refractivity contribution in [2.75, 3.05) is 7.05 Å². The lowest BCUT2D eigenvalue weighted by Crippen LogP contribution is -2.38. The molecule has 1 N–H and O–H groups in total. The second-order valence-electron chi connectivity index (χ2n) is 7.43. The van der Waals surface area contributed by atoms with E-state index in [1.54, 1.807) is 29.1 Å². The van der Waals surface area contributed by atoms with Crippen LogP contribution in [0.1, 0.15) is 54.0 Å². The largest absolute Gasteiger partial charge is 0.352 e. The molecule has 0 aromatic carbocycles. The van der Waals surface area contributed by atoms with E-state index in [9.17, 15) is 14.4 Å². The summed E-state index contributed by atoms with van der Waals surface area (Å²) in [4.78, 5) is 39.7. The molecular formula is C20H27N3O3S. The zero-order valence-electron chi connectivity index (χ0n) is 16.5. The quantitative estimate of drug-likeness (QED) is 0.791. The molecule has 0 aliphatic heterocycles. The van der Waals surface area contributed by atoms with Crippen LogP contribution in [0.4, 0.5) is 0 Å². The van der Waals surface area contributed by atoms with E-state index in [2.05, 4.69) is 5.32 Å². The Hall–Kier alpha value is -2.41. The summed E-state index contributed by atoms with van der Waals surface area (Å²) >= 11 is 1.56. The first-order chi connectivity index (χ1) is 12.7. The van der Waals surface area contributed by atoms with Crippen LogP contribution in [-0.2, 0) is 13.1 Å². The highest BCUT2D eigenvalue weighted by atomic mass is 32.1. The molecular weight excluding hydrogens is 362 g/mol. The maximum absolute atomic E-state index is 12.9. The highest BCUT2D eigenvalue weighted by molar-refractivity contribution is 7.07. The molecule has 0 unspecified atom stereocenters. The van der Waals surface area contributed by atoms with Crippen molar-refractivity contribution >= 4 is 23.2 Å². The number of rotatable bonds is 7. The molecule has 27 heavy (non-hydrogen) atoms. The van der Waals surface area contributed by atoms with Crippen LogP contribution in [0, 0.1) is 5.92 Å². The first kappa shape index (κ1) is 20.9. The van der Waals surface area contributed by atoms with Crippen LogP contribution in [-0.4, -0.2) is 34.4 Å². The monoisotopic (exact) mass is 389 g/mol. The van der Waals surface area contributed by atoms with Crippen LogP contribution in [0.3, 0.4) is 0 Å². The molecule has 0 radical (unpaired) electrons. The summed E-state index contributed by atoms with van der Waals surface area (Å²) in [5.41, 5.74) is 0.492. The summed E-state index contributed by atoms with van der Waals surface area (Å²) in [5.74, 6) is -0.537. The molecule has 0 spiro atoms. The van der Waals surface area contributed by atoms with Crippen LogP contribution in [0.15, 0.2) is 34.0 Å². The van der Waals surface area contributed by atoms with Gasteiger partial charge in [-0.3, -0.25) is 14.4 Å². The number of nitrogens with one attached hydrogen (secondary N) is 1. The van der Waals surface area contributed by atoms with Crippen molar-refractivity contribution in [2.24, 2.45) is 5.92 Å². The van der Waals surface area contributed by atoms with E-state index in [0.717, 1.165) is 5.56 Å². The van der Waals surface area contributed by atoms with Gasteiger partial charge in [0, 0.05) is 38.6 Å². The van der Waals surface area contributed by atoms with Crippen LogP contribution in [0.5, 0.6) is 0 Å². The molecule has 0 atom stereocenters. The van der Waals surface area contributed by atoms with Crippen LogP contribution in [0.25, 0.3) is 0 Å². The Kier molecular flexibility index (Phi) is 6.96. The van der Waals surface area contributed by atoms with Gasteiger partial charge in [0.2, 0.25) is 5.43 Å². The Labute approximate surface area is 163 Å². The van der Waals surface area contributed by atoms with Crippen molar-refractivity contribution in [1.29, 1.82) is 0 Å². The summed E-state index contributed by atoms with van der Waals surface area (Å²) in [6.45, 7) is 8.75. The average molecular weight is 390 g/mol. The van der Waals surface area contributed by atoms with Crippen molar-refractivity contribution in [3.63, 3.8) is 0 Å². The van der Waals surface area contributed by atoms with E-state index in [4.69, 9.17) is 0 Å². The third kappa shape index (κ3) is 5.53. The molecule has 2 amide bonds. The summed E-state index contributed by atoms with van der Waals surface area (Å²) in [6, 6.07) is 1.84. The van der Waals surface area contributed by atoms with Gasteiger partial charge in [0.25, 0.3) is 11.8 Å². The SMILES string of the molecule is CC(C)Cn1cc(C(=O)NC(C)C)c(=O)c(C(=O)N(C)Cc2ccsc2)c1. The van der Waals surface area contributed by atoms with Crippen molar-refractivity contribution in [2.45, 2.75) is 46.8 Å². The third-order valence-corrected chi connectivity index (χ3v) is 4.63. The van der Waals surface area contributed by atoms with E-state index in [1.807, 2.05) is 44.5 Å². The fourth-order valence-electron chi connectivity index (χ4n) is 2.75. The fraction of sp³-hybridized carbons (Fsp3) is 0.450. The normalized spacial score (nSPS) is 11.1. The second-order valence-corrected chi connectivity index (χ2v) is 8.21. The standard InChI is InChI=1S/C20H27N3O3S/c1-13(2)8-23-10-16(19(25)21-14(3)4)18(24)17(11-23)20(26)22(5)9-15-6-7-27-12-15/h6-7,10-14H,8-9H2,1-5H3,(H,21,25). The molecule has 2 aromatic rings. The molecule has 0 aliphatic rings. The van der Waals surface area contributed by atoms with Gasteiger partial charge in [-0.1, -0.05) is 13.8 Å². The number of carbonyl (C=O) groups is 2. The molecule has 7 heteroatoms. The van der Waals surface area contributed by atoms with Gasteiger partial charge in [-0.15, -0.1) is 0 Å². The maximum Gasteiger partial charge on any atom is 0.259 e. The lowest BCUT2D eigenvalue weighted by atomic mass is 10.1. The van der Waals surface area contributed by atoms with Gasteiger partial charge in [-0.05, 0) is 42.2 Å². The Morgan fingerprint density at radius 2 is 1.85 bits per heavy atom. The summed E-state index contributed by atoms with van der Waals surface area (Å²) in [6.07, 6.45) is 3.09. The second kappa shape index (κ2) is 8.99. The van der Waals surface area contributed by atoms with Gasteiger partial charge in [0.15, 0.2) is 0 Å². The molecule has 0 bridgehead atoms. The number of nitrogens with zero attached hydrogens (tertiary/aromatic N) is 2. The predicted molar refractivity (Wildman–Crippen MR) is 108 cm³/mol. The maximum atomic E-state index is 12.9. The number of aromatic nitrogens is 1.